The van der Waals surface area contributed by atoms with Gasteiger partial charge in [-0.05, 0) is 55.2 Å². The van der Waals surface area contributed by atoms with Crippen LogP contribution in [0.4, 0.5) is 5.69 Å². The number of benzene rings is 2. The molecule has 1 N–H and O–H groups in total. The molecule has 2 aliphatic rings. The number of halogens is 2. The summed E-state index contributed by atoms with van der Waals surface area (Å²) in [6, 6.07) is 14.6. The number of nitrogens with zero attached hydrogens (tertiary/aromatic N) is 2. The van der Waals surface area contributed by atoms with Crippen LogP contribution >= 0.6 is 27.5 Å². The Morgan fingerprint density at radius 2 is 1.71 bits per heavy atom. The molecule has 1 saturated heterocycles. The summed E-state index contributed by atoms with van der Waals surface area (Å²) in [6.45, 7) is 2.64. The van der Waals surface area contributed by atoms with E-state index in [1.165, 1.54) is 12.8 Å². The van der Waals surface area contributed by atoms with Crippen molar-refractivity contribution in [3.05, 3.63) is 63.6 Å². The van der Waals surface area contributed by atoms with E-state index >= 15 is 0 Å². The molecule has 1 saturated carbocycles. The van der Waals surface area contributed by atoms with Crippen LogP contribution in [0.15, 0.2) is 53.0 Å². The standard InChI is InChI=1S/C24H27BrClN3O2/c25-19-8-3-7-18(15-19)24(31)29-13-11-28(12-14-29)22(17-5-1-2-6-17)23(30)27-21-10-4-9-20(26)16-21/h3-4,7-10,15-17,22H,1-2,5-6,11-14H2,(H,27,30)/t22-/m1/s1. The molecule has 2 fully saturated rings. The average Bonchev–Trinajstić information content (AvgIpc) is 3.28. The van der Waals surface area contributed by atoms with Gasteiger partial charge in [0.2, 0.25) is 5.91 Å². The summed E-state index contributed by atoms with van der Waals surface area (Å²) in [5.74, 6) is 0.425. The van der Waals surface area contributed by atoms with Gasteiger partial charge in [-0.3, -0.25) is 14.5 Å². The van der Waals surface area contributed by atoms with Crippen LogP contribution in [-0.4, -0.2) is 53.8 Å². The summed E-state index contributed by atoms with van der Waals surface area (Å²) in [4.78, 5) is 30.3. The van der Waals surface area contributed by atoms with Gasteiger partial charge in [0.1, 0.15) is 0 Å². The highest BCUT2D eigenvalue weighted by atomic mass is 79.9. The molecule has 0 radical (unpaired) electrons. The maximum atomic E-state index is 13.3. The summed E-state index contributed by atoms with van der Waals surface area (Å²) in [5.41, 5.74) is 1.41. The third-order valence-electron chi connectivity index (χ3n) is 6.27. The topological polar surface area (TPSA) is 52.7 Å². The van der Waals surface area contributed by atoms with E-state index in [4.69, 9.17) is 11.6 Å². The molecule has 2 aromatic carbocycles. The fraction of sp³-hybridized carbons (Fsp3) is 0.417. The van der Waals surface area contributed by atoms with Gasteiger partial charge in [0.05, 0.1) is 6.04 Å². The van der Waals surface area contributed by atoms with Crippen molar-refractivity contribution in [3.8, 4) is 0 Å². The predicted molar refractivity (Wildman–Crippen MR) is 127 cm³/mol. The van der Waals surface area contributed by atoms with Crippen molar-refractivity contribution in [1.29, 1.82) is 0 Å². The molecular weight excluding hydrogens is 478 g/mol. The Balaban J connectivity index is 1.43. The minimum Gasteiger partial charge on any atom is -0.336 e. The lowest BCUT2D eigenvalue weighted by molar-refractivity contribution is -0.123. The van der Waals surface area contributed by atoms with Gasteiger partial charge >= 0.3 is 0 Å². The SMILES string of the molecule is O=C(Nc1cccc(Cl)c1)[C@@H](C1CCCC1)N1CCN(C(=O)c2cccc(Br)c2)CC1. The lowest BCUT2D eigenvalue weighted by Gasteiger charge is -2.40. The van der Waals surface area contributed by atoms with E-state index < -0.39 is 0 Å². The zero-order chi connectivity index (χ0) is 21.8. The highest BCUT2D eigenvalue weighted by Gasteiger charge is 2.37. The van der Waals surface area contributed by atoms with Crippen molar-refractivity contribution >= 4 is 45.0 Å². The number of rotatable bonds is 5. The normalized spacial score (nSPS) is 18.7. The second-order valence-electron chi connectivity index (χ2n) is 8.33. The summed E-state index contributed by atoms with van der Waals surface area (Å²) in [5, 5.41) is 3.68. The van der Waals surface area contributed by atoms with Crippen LogP contribution in [0.5, 0.6) is 0 Å². The van der Waals surface area contributed by atoms with Crippen molar-refractivity contribution in [3.63, 3.8) is 0 Å². The molecule has 2 amide bonds. The summed E-state index contributed by atoms with van der Waals surface area (Å²) >= 11 is 9.52. The molecule has 1 heterocycles. The maximum absolute atomic E-state index is 13.3. The smallest absolute Gasteiger partial charge is 0.253 e. The first-order valence-electron chi connectivity index (χ1n) is 10.9. The summed E-state index contributed by atoms with van der Waals surface area (Å²) in [6.07, 6.45) is 4.50. The molecule has 1 aliphatic carbocycles. The molecule has 7 heteroatoms. The zero-order valence-electron chi connectivity index (χ0n) is 17.4. The highest BCUT2D eigenvalue weighted by Crippen LogP contribution is 2.32. The van der Waals surface area contributed by atoms with Gasteiger partial charge in [-0.15, -0.1) is 0 Å². The van der Waals surface area contributed by atoms with E-state index in [0.717, 1.165) is 23.0 Å². The molecule has 0 spiro atoms. The fourth-order valence-electron chi connectivity index (χ4n) is 4.74. The monoisotopic (exact) mass is 503 g/mol. The first-order valence-corrected chi connectivity index (χ1v) is 12.0. The minimum absolute atomic E-state index is 0.0286. The van der Waals surface area contributed by atoms with E-state index in [2.05, 4.69) is 26.1 Å². The van der Waals surface area contributed by atoms with Crippen LogP contribution in [0.3, 0.4) is 0 Å². The Morgan fingerprint density at radius 3 is 2.39 bits per heavy atom. The summed E-state index contributed by atoms with van der Waals surface area (Å²) in [7, 11) is 0. The van der Waals surface area contributed by atoms with Crippen LogP contribution in [0.1, 0.15) is 36.0 Å². The zero-order valence-corrected chi connectivity index (χ0v) is 19.7. The van der Waals surface area contributed by atoms with Gasteiger partial charge in [-0.25, -0.2) is 0 Å². The second-order valence-corrected chi connectivity index (χ2v) is 9.68. The Morgan fingerprint density at radius 1 is 1.00 bits per heavy atom. The quantitative estimate of drug-likeness (QED) is 0.619. The minimum atomic E-state index is -0.176. The van der Waals surface area contributed by atoms with Crippen LogP contribution in [0, 0.1) is 5.92 Å². The van der Waals surface area contributed by atoms with Gasteiger partial charge in [-0.2, -0.15) is 0 Å². The second kappa shape index (κ2) is 10.2. The molecular formula is C24H27BrClN3O2. The Hall–Kier alpha value is -1.89. The Bertz CT molecular complexity index is 940. The van der Waals surface area contributed by atoms with Crippen LogP contribution in [-0.2, 0) is 4.79 Å². The molecule has 0 aromatic heterocycles. The molecule has 4 rings (SSSR count). The largest absolute Gasteiger partial charge is 0.336 e. The lowest BCUT2D eigenvalue weighted by Crippen LogP contribution is -2.56. The number of amides is 2. The molecule has 1 aliphatic heterocycles. The fourth-order valence-corrected chi connectivity index (χ4v) is 5.33. The van der Waals surface area contributed by atoms with E-state index in [1.807, 2.05) is 41.3 Å². The summed E-state index contributed by atoms with van der Waals surface area (Å²) < 4.78 is 0.899. The van der Waals surface area contributed by atoms with Crippen LogP contribution in [0.2, 0.25) is 5.02 Å². The third-order valence-corrected chi connectivity index (χ3v) is 7.00. The van der Waals surface area contributed by atoms with Gasteiger partial charge in [0.25, 0.3) is 5.91 Å². The maximum Gasteiger partial charge on any atom is 0.253 e. The van der Waals surface area contributed by atoms with Crippen molar-refractivity contribution in [2.75, 3.05) is 31.5 Å². The van der Waals surface area contributed by atoms with Crippen molar-refractivity contribution < 1.29 is 9.59 Å². The van der Waals surface area contributed by atoms with Crippen LogP contribution in [0.25, 0.3) is 0 Å². The van der Waals surface area contributed by atoms with Crippen molar-refractivity contribution in [2.45, 2.75) is 31.7 Å². The molecule has 164 valence electrons. The Kier molecular flexibility index (Phi) is 7.31. The molecule has 0 bridgehead atoms. The first-order chi connectivity index (χ1) is 15.0. The number of nitrogens with one attached hydrogen (secondary N) is 1. The van der Waals surface area contributed by atoms with E-state index in [1.54, 1.807) is 12.1 Å². The predicted octanol–water partition coefficient (Wildman–Crippen LogP) is 5.06. The van der Waals surface area contributed by atoms with E-state index in [9.17, 15) is 9.59 Å². The van der Waals surface area contributed by atoms with Crippen molar-refractivity contribution in [1.82, 2.24) is 9.80 Å². The first kappa shape index (κ1) is 22.3. The van der Waals surface area contributed by atoms with Gasteiger partial charge in [0, 0.05) is 46.9 Å². The number of hydrogen-bond acceptors (Lipinski definition) is 3. The number of hydrogen-bond donors (Lipinski definition) is 1. The molecule has 5 nitrogen and oxygen atoms in total. The number of carbonyl (C=O) groups excluding carboxylic acids is 2. The third kappa shape index (κ3) is 5.48. The molecule has 2 aromatic rings. The number of anilines is 1. The van der Waals surface area contributed by atoms with Crippen LogP contribution < -0.4 is 5.32 Å². The molecule has 0 unspecified atom stereocenters. The number of carbonyl (C=O) groups is 2. The number of piperazine rings is 1. The van der Waals surface area contributed by atoms with Gasteiger partial charge < -0.3 is 10.2 Å². The van der Waals surface area contributed by atoms with E-state index in [0.29, 0.717) is 42.7 Å². The van der Waals surface area contributed by atoms with Gasteiger partial charge in [0.15, 0.2) is 0 Å². The lowest BCUT2D eigenvalue weighted by atomic mass is 9.94. The molecule has 1 atom stereocenters. The Labute approximate surface area is 196 Å². The van der Waals surface area contributed by atoms with Crippen molar-refractivity contribution in [2.24, 2.45) is 5.92 Å². The average molecular weight is 505 g/mol. The highest BCUT2D eigenvalue weighted by molar-refractivity contribution is 9.10. The van der Waals surface area contributed by atoms with Gasteiger partial charge in [-0.1, -0.05) is 52.5 Å². The van der Waals surface area contributed by atoms with E-state index in [-0.39, 0.29) is 17.9 Å². The molecule has 31 heavy (non-hydrogen) atoms.